The molecular formula is C22H26F6N2. The fraction of sp³-hybridized carbons (Fsp3) is 0.364. The van der Waals surface area contributed by atoms with E-state index in [9.17, 15) is 26.3 Å². The molecule has 2 aromatic rings. The number of hydrogen-bond donors (Lipinski definition) is 2. The summed E-state index contributed by atoms with van der Waals surface area (Å²) in [6.45, 7) is 13.6. The molecule has 0 amide bonds. The summed E-state index contributed by atoms with van der Waals surface area (Å²) in [5.74, 6) is 0.0455. The minimum Gasteiger partial charge on any atom is -0.342 e. The van der Waals surface area contributed by atoms with Gasteiger partial charge in [0.1, 0.15) is 5.82 Å². The number of alkyl halides is 6. The molecule has 0 unspecified atom stereocenters. The van der Waals surface area contributed by atoms with Crippen LogP contribution >= 0.6 is 0 Å². The highest BCUT2D eigenvalue weighted by molar-refractivity contribution is 5.61. The van der Waals surface area contributed by atoms with Gasteiger partial charge in [-0.05, 0) is 35.2 Å². The molecule has 0 spiro atoms. The van der Waals surface area contributed by atoms with Crippen LogP contribution in [0.2, 0.25) is 0 Å². The molecule has 2 N–H and O–H groups in total. The second kappa shape index (κ2) is 9.45. The molecule has 30 heavy (non-hydrogen) atoms. The highest BCUT2D eigenvalue weighted by Gasteiger charge is 2.37. The van der Waals surface area contributed by atoms with Crippen molar-refractivity contribution in [2.24, 2.45) is 0 Å². The number of para-hydroxylation sites is 1. The van der Waals surface area contributed by atoms with Crippen LogP contribution in [0, 0.1) is 0 Å². The molecule has 166 valence electrons. The quantitative estimate of drug-likeness (QED) is 0.478. The summed E-state index contributed by atoms with van der Waals surface area (Å²) >= 11 is 0. The zero-order chi connectivity index (χ0) is 23.3. The summed E-state index contributed by atoms with van der Waals surface area (Å²) in [4.78, 5) is 0. The number of nitrogens with one attached hydrogen (secondary N) is 2. The maximum Gasteiger partial charge on any atom is 0.416 e. The van der Waals surface area contributed by atoms with E-state index in [4.69, 9.17) is 0 Å². The molecule has 2 nitrogen and oxygen atoms in total. The van der Waals surface area contributed by atoms with E-state index in [1.165, 1.54) is 0 Å². The fourth-order valence-corrected chi connectivity index (χ4v) is 2.64. The van der Waals surface area contributed by atoms with Crippen molar-refractivity contribution in [1.82, 2.24) is 0 Å². The van der Waals surface area contributed by atoms with Gasteiger partial charge >= 0.3 is 12.4 Å². The molecule has 0 heterocycles. The third kappa shape index (κ3) is 7.00. The third-order valence-electron chi connectivity index (χ3n) is 3.90. The first kappa shape index (κ1) is 25.4. The van der Waals surface area contributed by atoms with Gasteiger partial charge in [-0.15, -0.1) is 0 Å². The van der Waals surface area contributed by atoms with E-state index in [2.05, 4.69) is 17.2 Å². The molecule has 0 saturated carbocycles. The molecule has 0 aliphatic carbocycles. The molecule has 8 heteroatoms. The second-order valence-electron chi connectivity index (χ2n) is 7.32. The van der Waals surface area contributed by atoms with Crippen molar-refractivity contribution in [3.05, 3.63) is 71.6 Å². The summed E-state index contributed by atoms with van der Waals surface area (Å²) in [6, 6.07) is 8.52. The number of benzene rings is 2. The SMILES string of the molecule is C=C(Nc1cc(C(F)(F)F)cc(C(F)(F)F)c1)Nc1ccccc1C(C)(C)C.CC. The summed E-state index contributed by atoms with van der Waals surface area (Å²) in [7, 11) is 0. The topological polar surface area (TPSA) is 24.1 Å². The van der Waals surface area contributed by atoms with Crippen LogP contribution < -0.4 is 10.6 Å². The lowest BCUT2D eigenvalue weighted by Crippen LogP contribution is -2.17. The molecule has 2 rings (SSSR count). The van der Waals surface area contributed by atoms with Gasteiger partial charge in [-0.2, -0.15) is 26.3 Å². The number of hydrogen-bond acceptors (Lipinski definition) is 2. The van der Waals surface area contributed by atoms with Gasteiger partial charge in [0, 0.05) is 11.4 Å². The first-order chi connectivity index (χ1) is 13.7. The van der Waals surface area contributed by atoms with Crippen molar-refractivity contribution in [2.45, 2.75) is 52.4 Å². The van der Waals surface area contributed by atoms with Crippen LogP contribution in [0.1, 0.15) is 51.3 Å². The van der Waals surface area contributed by atoms with Crippen LogP contribution in [0.4, 0.5) is 37.7 Å². The molecule has 0 aromatic heterocycles. The third-order valence-corrected chi connectivity index (χ3v) is 3.90. The molecule has 0 fully saturated rings. The van der Waals surface area contributed by atoms with E-state index in [1.54, 1.807) is 12.1 Å². The first-order valence-corrected chi connectivity index (χ1v) is 9.30. The highest BCUT2D eigenvalue weighted by atomic mass is 19.4. The second-order valence-corrected chi connectivity index (χ2v) is 7.32. The summed E-state index contributed by atoms with van der Waals surface area (Å²) in [5, 5.41) is 5.40. The van der Waals surface area contributed by atoms with Crippen LogP contribution in [0.3, 0.4) is 0 Å². The van der Waals surface area contributed by atoms with Gasteiger partial charge in [-0.3, -0.25) is 0 Å². The molecule has 0 aliphatic heterocycles. The van der Waals surface area contributed by atoms with Gasteiger partial charge in [0.15, 0.2) is 0 Å². The molecule has 0 radical (unpaired) electrons. The van der Waals surface area contributed by atoms with Crippen LogP contribution in [0.5, 0.6) is 0 Å². The molecule has 0 aliphatic rings. The molecule has 0 atom stereocenters. The van der Waals surface area contributed by atoms with Crippen molar-refractivity contribution < 1.29 is 26.3 Å². The van der Waals surface area contributed by atoms with Crippen molar-refractivity contribution in [2.75, 3.05) is 10.6 Å². The Morgan fingerprint density at radius 2 is 1.23 bits per heavy atom. The fourth-order valence-electron chi connectivity index (χ4n) is 2.64. The van der Waals surface area contributed by atoms with Gasteiger partial charge in [0.05, 0.1) is 11.1 Å². The molecule has 0 saturated heterocycles. The summed E-state index contributed by atoms with van der Waals surface area (Å²) in [6.07, 6.45) is -9.82. The standard InChI is InChI=1S/C20H20F6N2.C2H6/c1-12(28-17-8-6-5-7-16(17)18(2,3)4)27-15-10-13(19(21,22)23)9-14(11-15)20(24,25)26;1-2/h5-11,27-28H,1H2,2-4H3;1-2H3. The average Bonchev–Trinajstić information content (AvgIpc) is 2.61. The van der Waals surface area contributed by atoms with E-state index in [0.717, 1.165) is 5.56 Å². The molecule has 2 aromatic carbocycles. The van der Waals surface area contributed by atoms with E-state index in [1.807, 2.05) is 46.8 Å². The average molecular weight is 432 g/mol. The Hall–Kier alpha value is -2.64. The Morgan fingerprint density at radius 1 is 0.767 bits per heavy atom. The zero-order valence-corrected chi connectivity index (χ0v) is 17.5. The lowest BCUT2D eigenvalue weighted by atomic mass is 9.86. The smallest absolute Gasteiger partial charge is 0.342 e. The number of anilines is 2. The number of halogens is 6. The van der Waals surface area contributed by atoms with E-state index >= 15 is 0 Å². The van der Waals surface area contributed by atoms with Gasteiger partial charge in [0.25, 0.3) is 0 Å². The lowest BCUT2D eigenvalue weighted by molar-refractivity contribution is -0.143. The van der Waals surface area contributed by atoms with Crippen LogP contribution in [-0.4, -0.2) is 0 Å². The van der Waals surface area contributed by atoms with Crippen LogP contribution in [0.15, 0.2) is 54.9 Å². The van der Waals surface area contributed by atoms with Crippen molar-refractivity contribution in [3.8, 4) is 0 Å². The van der Waals surface area contributed by atoms with Gasteiger partial charge < -0.3 is 10.6 Å². The van der Waals surface area contributed by atoms with Gasteiger partial charge in [0.2, 0.25) is 0 Å². The predicted molar refractivity (Wildman–Crippen MR) is 109 cm³/mol. The Bertz CT molecular complexity index is 829. The molecular weight excluding hydrogens is 406 g/mol. The Labute approximate surface area is 173 Å². The van der Waals surface area contributed by atoms with Gasteiger partial charge in [-0.25, -0.2) is 0 Å². The predicted octanol–water partition coefficient (Wildman–Crippen LogP) is 8.04. The Morgan fingerprint density at radius 3 is 1.67 bits per heavy atom. The van der Waals surface area contributed by atoms with E-state index < -0.39 is 23.5 Å². The van der Waals surface area contributed by atoms with Crippen LogP contribution in [0.25, 0.3) is 0 Å². The Balaban J connectivity index is 0.00000218. The lowest BCUT2D eigenvalue weighted by Gasteiger charge is -2.24. The maximum atomic E-state index is 13.0. The van der Waals surface area contributed by atoms with E-state index in [-0.39, 0.29) is 23.0 Å². The minimum atomic E-state index is -4.91. The van der Waals surface area contributed by atoms with Gasteiger partial charge in [-0.1, -0.05) is 59.4 Å². The van der Waals surface area contributed by atoms with Crippen molar-refractivity contribution >= 4 is 11.4 Å². The Kier molecular flexibility index (Phi) is 8.00. The van der Waals surface area contributed by atoms with E-state index in [0.29, 0.717) is 17.8 Å². The highest BCUT2D eigenvalue weighted by Crippen LogP contribution is 2.38. The van der Waals surface area contributed by atoms with Crippen molar-refractivity contribution in [1.29, 1.82) is 0 Å². The van der Waals surface area contributed by atoms with Crippen molar-refractivity contribution in [3.63, 3.8) is 0 Å². The molecule has 0 bridgehead atoms. The maximum absolute atomic E-state index is 13.0. The van der Waals surface area contributed by atoms with Crippen LogP contribution in [-0.2, 0) is 17.8 Å². The number of rotatable bonds is 4. The largest absolute Gasteiger partial charge is 0.416 e. The first-order valence-electron chi connectivity index (χ1n) is 9.30. The zero-order valence-electron chi connectivity index (χ0n) is 17.5. The normalized spacial score (nSPS) is 12.0. The monoisotopic (exact) mass is 432 g/mol. The summed E-state index contributed by atoms with van der Waals surface area (Å²) in [5.41, 5.74) is -1.83. The summed E-state index contributed by atoms with van der Waals surface area (Å²) < 4.78 is 77.8. The minimum absolute atomic E-state index is 0.0455.